The number of ketones is 1. The number of nitrogens with zero attached hydrogens (tertiary/aromatic N) is 1. The summed E-state index contributed by atoms with van der Waals surface area (Å²) < 4.78 is 0. The van der Waals surface area contributed by atoms with Crippen LogP contribution < -0.4 is 0 Å². The lowest BCUT2D eigenvalue weighted by molar-refractivity contribution is -0.145. The van der Waals surface area contributed by atoms with Crippen molar-refractivity contribution in [3.63, 3.8) is 0 Å². The Morgan fingerprint density at radius 3 is 2.61 bits per heavy atom. The minimum atomic E-state index is -0.0368. The van der Waals surface area contributed by atoms with Crippen LogP contribution in [0.3, 0.4) is 0 Å². The summed E-state index contributed by atoms with van der Waals surface area (Å²) in [4.78, 5) is 26.0. The molecule has 0 aromatic heterocycles. The van der Waals surface area contributed by atoms with E-state index in [1.165, 1.54) is 0 Å². The summed E-state index contributed by atoms with van der Waals surface area (Å²) >= 11 is 0. The number of Topliss-reactive ketones (excluding diaryl/α,β-unsaturated/α-hetero) is 1. The van der Waals surface area contributed by atoms with Crippen LogP contribution in [0.5, 0.6) is 0 Å². The lowest BCUT2D eigenvalue weighted by Gasteiger charge is -2.44. The Morgan fingerprint density at radius 2 is 1.83 bits per heavy atom. The van der Waals surface area contributed by atoms with E-state index in [2.05, 4.69) is 0 Å². The zero-order valence-corrected chi connectivity index (χ0v) is 10.3. The van der Waals surface area contributed by atoms with E-state index in [4.69, 9.17) is 0 Å². The summed E-state index contributed by atoms with van der Waals surface area (Å²) in [6.45, 7) is 0. The number of carbonyl (C=O) groups excluding carboxylic acids is 2. The minimum absolute atomic E-state index is 0.0368. The Hall–Kier alpha value is -1.64. The molecule has 3 heteroatoms. The van der Waals surface area contributed by atoms with Crippen molar-refractivity contribution < 1.29 is 9.59 Å². The van der Waals surface area contributed by atoms with Gasteiger partial charge in [-0.25, -0.2) is 0 Å². The maximum Gasteiger partial charge on any atom is 0.223 e. The third-order valence-electron chi connectivity index (χ3n) is 4.01. The van der Waals surface area contributed by atoms with Crippen LogP contribution in [-0.2, 0) is 9.59 Å². The average molecular weight is 243 g/mol. The first-order valence-corrected chi connectivity index (χ1v) is 6.63. The second-order valence-electron chi connectivity index (χ2n) is 5.22. The third-order valence-corrected chi connectivity index (χ3v) is 4.01. The van der Waals surface area contributed by atoms with Gasteiger partial charge < -0.3 is 4.90 Å². The molecular weight excluding hydrogens is 226 g/mol. The van der Waals surface area contributed by atoms with Gasteiger partial charge in [0.25, 0.3) is 0 Å². The highest BCUT2D eigenvalue weighted by Crippen LogP contribution is 2.37. The van der Waals surface area contributed by atoms with E-state index in [1.807, 2.05) is 35.2 Å². The van der Waals surface area contributed by atoms with Gasteiger partial charge in [-0.15, -0.1) is 0 Å². The highest BCUT2D eigenvalue weighted by atomic mass is 16.2. The van der Waals surface area contributed by atoms with Crippen molar-refractivity contribution in [1.82, 2.24) is 4.90 Å². The van der Waals surface area contributed by atoms with Crippen LogP contribution in [0.4, 0.5) is 0 Å². The predicted molar refractivity (Wildman–Crippen MR) is 67.9 cm³/mol. The number of fused-ring (bicyclic) bond motifs is 1. The second kappa shape index (κ2) is 4.56. The van der Waals surface area contributed by atoms with E-state index < -0.39 is 0 Å². The zero-order chi connectivity index (χ0) is 12.5. The van der Waals surface area contributed by atoms with E-state index >= 15 is 0 Å². The van der Waals surface area contributed by atoms with Gasteiger partial charge >= 0.3 is 0 Å². The first-order valence-electron chi connectivity index (χ1n) is 6.63. The lowest BCUT2D eigenvalue weighted by Crippen LogP contribution is -2.50. The molecule has 0 spiro atoms. The number of carbonyl (C=O) groups is 2. The Balaban J connectivity index is 1.95. The van der Waals surface area contributed by atoms with E-state index in [-0.39, 0.29) is 18.0 Å². The monoisotopic (exact) mass is 243 g/mol. The van der Waals surface area contributed by atoms with Crippen molar-refractivity contribution in [2.24, 2.45) is 0 Å². The quantitative estimate of drug-likeness (QED) is 0.760. The zero-order valence-electron chi connectivity index (χ0n) is 10.3. The molecule has 1 aromatic rings. The van der Waals surface area contributed by atoms with Gasteiger partial charge in [0.05, 0.1) is 6.04 Å². The molecule has 0 aliphatic carbocycles. The van der Waals surface area contributed by atoms with Crippen LogP contribution in [0.15, 0.2) is 30.3 Å². The van der Waals surface area contributed by atoms with Gasteiger partial charge in [-0.3, -0.25) is 9.59 Å². The van der Waals surface area contributed by atoms with Crippen LogP contribution in [0.1, 0.15) is 43.7 Å². The van der Waals surface area contributed by atoms with Gasteiger partial charge in [0.15, 0.2) is 0 Å². The van der Waals surface area contributed by atoms with Crippen molar-refractivity contribution in [2.45, 2.75) is 44.2 Å². The molecule has 2 atom stereocenters. The molecule has 2 aliphatic heterocycles. The van der Waals surface area contributed by atoms with E-state index in [9.17, 15) is 9.59 Å². The molecule has 3 rings (SSSR count). The summed E-state index contributed by atoms with van der Waals surface area (Å²) in [5, 5.41) is 0. The third kappa shape index (κ3) is 1.94. The minimum Gasteiger partial charge on any atom is -0.332 e. The predicted octanol–water partition coefficient (Wildman–Crippen LogP) is 2.47. The molecule has 2 unspecified atom stereocenters. The highest BCUT2D eigenvalue weighted by Gasteiger charge is 2.40. The Morgan fingerprint density at radius 1 is 1.06 bits per heavy atom. The fourth-order valence-electron chi connectivity index (χ4n) is 3.20. The summed E-state index contributed by atoms with van der Waals surface area (Å²) in [6.07, 6.45) is 3.56. The number of amides is 1. The largest absolute Gasteiger partial charge is 0.332 e. The fourth-order valence-corrected chi connectivity index (χ4v) is 3.20. The first-order chi connectivity index (χ1) is 8.75. The molecule has 1 aromatic carbocycles. The van der Waals surface area contributed by atoms with E-state index in [0.29, 0.717) is 25.0 Å². The molecule has 2 aliphatic rings. The Kier molecular flexibility index (Phi) is 2.90. The molecule has 94 valence electrons. The molecule has 2 saturated heterocycles. The second-order valence-corrected chi connectivity index (χ2v) is 5.22. The summed E-state index contributed by atoms with van der Waals surface area (Å²) in [5.41, 5.74) is 1.09. The van der Waals surface area contributed by atoms with Crippen LogP contribution in [0.2, 0.25) is 0 Å². The van der Waals surface area contributed by atoms with Crippen LogP contribution >= 0.6 is 0 Å². The Bertz CT molecular complexity index is 469. The number of rotatable bonds is 1. The van der Waals surface area contributed by atoms with Crippen molar-refractivity contribution in [2.75, 3.05) is 0 Å². The molecule has 0 bridgehead atoms. The van der Waals surface area contributed by atoms with Crippen LogP contribution in [0.25, 0.3) is 0 Å². The molecular formula is C15H17NO2. The Labute approximate surface area is 107 Å². The van der Waals surface area contributed by atoms with Gasteiger partial charge in [-0.2, -0.15) is 0 Å². The SMILES string of the molecule is O=C1CC2CCCC(=O)N2C(c2ccccc2)C1. The number of piperidine rings is 2. The van der Waals surface area contributed by atoms with Gasteiger partial charge in [0.2, 0.25) is 5.91 Å². The summed E-state index contributed by atoms with van der Waals surface area (Å²) in [5.74, 6) is 0.507. The van der Waals surface area contributed by atoms with Gasteiger partial charge in [0, 0.05) is 25.3 Å². The standard InChI is InChI=1S/C15H17NO2/c17-13-9-12-7-4-8-15(18)16(12)14(10-13)11-5-2-1-3-6-11/h1-3,5-6,12,14H,4,7-10H2. The van der Waals surface area contributed by atoms with Crippen molar-refractivity contribution in [1.29, 1.82) is 0 Å². The maximum absolute atomic E-state index is 12.1. The topological polar surface area (TPSA) is 37.4 Å². The molecule has 0 N–H and O–H groups in total. The number of benzene rings is 1. The van der Waals surface area contributed by atoms with Crippen molar-refractivity contribution in [3.05, 3.63) is 35.9 Å². The smallest absolute Gasteiger partial charge is 0.223 e. The van der Waals surface area contributed by atoms with Crippen molar-refractivity contribution in [3.8, 4) is 0 Å². The lowest BCUT2D eigenvalue weighted by atomic mass is 9.85. The van der Waals surface area contributed by atoms with E-state index in [1.54, 1.807) is 0 Å². The molecule has 3 nitrogen and oxygen atoms in total. The molecule has 0 radical (unpaired) electrons. The molecule has 2 heterocycles. The molecule has 2 fully saturated rings. The molecule has 18 heavy (non-hydrogen) atoms. The van der Waals surface area contributed by atoms with Crippen LogP contribution in [0, 0.1) is 0 Å². The van der Waals surface area contributed by atoms with E-state index in [0.717, 1.165) is 18.4 Å². The van der Waals surface area contributed by atoms with Crippen LogP contribution in [-0.4, -0.2) is 22.6 Å². The fraction of sp³-hybridized carbons (Fsp3) is 0.467. The number of hydrogen-bond acceptors (Lipinski definition) is 2. The molecule has 1 amide bonds. The van der Waals surface area contributed by atoms with Gasteiger partial charge in [-0.1, -0.05) is 30.3 Å². The first kappa shape index (κ1) is 11.5. The highest BCUT2D eigenvalue weighted by molar-refractivity contribution is 5.85. The normalized spacial score (nSPS) is 28.1. The maximum atomic E-state index is 12.1. The summed E-state index contributed by atoms with van der Waals surface area (Å²) in [6, 6.07) is 10.0. The average Bonchev–Trinajstić information content (AvgIpc) is 2.39. The van der Waals surface area contributed by atoms with Gasteiger partial charge in [0.1, 0.15) is 5.78 Å². The number of hydrogen-bond donors (Lipinski definition) is 0. The molecule has 0 saturated carbocycles. The van der Waals surface area contributed by atoms with Gasteiger partial charge in [-0.05, 0) is 18.4 Å². The summed E-state index contributed by atoms with van der Waals surface area (Å²) in [7, 11) is 0. The van der Waals surface area contributed by atoms with Crippen molar-refractivity contribution >= 4 is 11.7 Å².